The number of nitrogens with one attached hydrogen (secondary N) is 2. The summed E-state index contributed by atoms with van der Waals surface area (Å²) in [5, 5.41) is 18.3. The van der Waals surface area contributed by atoms with Crippen molar-refractivity contribution in [2.75, 3.05) is 0 Å². The van der Waals surface area contributed by atoms with Crippen molar-refractivity contribution in [2.24, 2.45) is 0 Å². The average molecular weight is 478 g/mol. The predicted octanol–water partition coefficient (Wildman–Crippen LogP) is 3.45. The maximum absolute atomic E-state index is 12.3. The number of thiophene rings is 1. The molecule has 2 N–H and O–H groups in total. The Bertz CT molecular complexity index is 1490. The summed E-state index contributed by atoms with van der Waals surface area (Å²) >= 11 is 7.11. The first-order valence-electron chi connectivity index (χ1n) is 9.86. The van der Waals surface area contributed by atoms with E-state index in [4.69, 9.17) is 11.6 Å². The van der Waals surface area contributed by atoms with Gasteiger partial charge in [-0.2, -0.15) is 5.10 Å². The number of hydrogen-bond donors (Lipinski definition) is 2. The minimum Gasteiger partial charge on any atom is -0.346 e. The summed E-state index contributed by atoms with van der Waals surface area (Å²) in [6, 6.07) is 15.7. The average Bonchev–Trinajstić information content (AvgIpc) is 3.59. The van der Waals surface area contributed by atoms with Crippen molar-refractivity contribution in [3.05, 3.63) is 98.4 Å². The molecule has 11 heteroatoms. The van der Waals surface area contributed by atoms with E-state index in [1.165, 1.54) is 17.4 Å². The lowest BCUT2D eigenvalue weighted by Gasteiger charge is -2.11. The van der Waals surface area contributed by atoms with E-state index < -0.39 is 0 Å². The fourth-order valence-corrected chi connectivity index (χ4v) is 4.28. The van der Waals surface area contributed by atoms with Crippen LogP contribution in [0.1, 0.15) is 15.4 Å². The largest absolute Gasteiger partial charge is 0.346 e. The number of aromatic amines is 1. The van der Waals surface area contributed by atoms with Crippen LogP contribution in [0.5, 0.6) is 0 Å². The zero-order valence-electron chi connectivity index (χ0n) is 17.0. The van der Waals surface area contributed by atoms with Gasteiger partial charge in [-0.3, -0.25) is 19.3 Å². The predicted molar refractivity (Wildman–Crippen MR) is 125 cm³/mol. The van der Waals surface area contributed by atoms with Gasteiger partial charge in [-0.1, -0.05) is 22.9 Å². The van der Waals surface area contributed by atoms with Crippen LogP contribution in [0.2, 0.25) is 4.34 Å². The molecule has 1 aromatic carbocycles. The molecule has 0 spiro atoms. The monoisotopic (exact) mass is 477 g/mol. The number of H-pyrrole nitrogens is 1. The molecule has 4 heterocycles. The molecule has 0 radical (unpaired) electrons. The van der Waals surface area contributed by atoms with E-state index in [0.29, 0.717) is 26.3 Å². The third kappa shape index (κ3) is 4.34. The zero-order valence-corrected chi connectivity index (χ0v) is 18.5. The Hall–Kier alpha value is -4.02. The minimum absolute atomic E-state index is 0.135. The van der Waals surface area contributed by atoms with Gasteiger partial charge in [-0.25, -0.2) is 4.68 Å². The number of amides is 1. The van der Waals surface area contributed by atoms with Gasteiger partial charge in [0.05, 0.1) is 33.3 Å². The van der Waals surface area contributed by atoms with Crippen LogP contribution in [0.15, 0.2) is 78.0 Å². The van der Waals surface area contributed by atoms with E-state index in [0.717, 1.165) is 11.3 Å². The highest BCUT2D eigenvalue weighted by Gasteiger charge is 2.14. The van der Waals surface area contributed by atoms with E-state index in [-0.39, 0.29) is 18.0 Å². The summed E-state index contributed by atoms with van der Waals surface area (Å²) in [6.45, 7) is 0.212. The summed E-state index contributed by atoms with van der Waals surface area (Å²) in [7, 11) is 0. The SMILES string of the molecule is O=C(NCc1cn(-c2ccc(-n3ccccc3=O)cc2-c2cc[nH]n2)nn1)c1ccc(Cl)s1. The van der Waals surface area contributed by atoms with Crippen molar-refractivity contribution >= 4 is 28.8 Å². The van der Waals surface area contributed by atoms with Crippen LogP contribution in [0.3, 0.4) is 0 Å². The molecule has 33 heavy (non-hydrogen) atoms. The van der Waals surface area contributed by atoms with Crippen LogP contribution in [0.25, 0.3) is 22.6 Å². The molecule has 1 amide bonds. The third-order valence-corrected chi connectivity index (χ3v) is 6.10. The summed E-state index contributed by atoms with van der Waals surface area (Å²) < 4.78 is 3.72. The van der Waals surface area contributed by atoms with Crippen LogP contribution in [-0.4, -0.2) is 35.7 Å². The first-order chi connectivity index (χ1) is 16.1. The van der Waals surface area contributed by atoms with Gasteiger partial charge >= 0.3 is 0 Å². The highest BCUT2D eigenvalue weighted by atomic mass is 35.5. The second-order valence-corrected chi connectivity index (χ2v) is 8.73. The first-order valence-corrected chi connectivity index (χ1v) is 11.1. The van der Waals surface area contributed by atoms with Crippen LogP contribution in [-0.2, 0) is 6.54 Å². The Kier molecular flexibility index (Phi) is 5.59. The molecule has 164 valence electrons. The van der Waals surface area contributed by atoms with Crippen molar-refractivity contribution in [1.29, 1.82) is 0 Å². The molecule has 0 bridgehead atoms. The number of pyridine rings is 1. The van der Waals surface area contributed by atoms with Crippen molar-refractivity contribution in [2.45, 2.75) is 6.54 Å². The number of carbonyl (C=O) groups is 1. The molecule has 9 nitrogen and oxygen atoms in total. The zero-order chi connectivity index (χ0) is 22.8. The molecule has 5 rings (SSSR count). The van der Waals surface area contributed by atoms with Crippen LogP contribution in [0, 0.1) is 0 Å². The van der Waals surface area contributed by atoms with Crippen molar-refractivity contribution in [1.82, 2.24) is 35.1 Å². The second-order valence-electron chi connectivity index (χ2n) is 7.01. The van der Waals surface area contributed by atoms with Crippen molar-refractivity contribution in [3.8, 4) is 22.6 Å². The fourth-order valence-electron chi connectivity index (χ4n) is 3.32. The number of aromatic nitrogens is 6. The van der Waals surface area contributed by atoms with Crippen molar-refractivity contribution in [3.63, 3.8) is 0 Å². The number of halogens is 1. The van der Waals surface area contributed by atoms with E-state index in [1.54, 1.807) is 52.1 Å². The summed E-state index contributed by atoms with van der Waals surface area (Å²) in [4.78, 5) is 25.1. The summed E-state index contributed by atoms with van der Waals surface area (Å²) in [5.41, 5.74) is 3.33. The Morgan fingerprint density at radius 2 is 2.06 bits per heavy atom. The van der Waals surface area contributed by atoms with Gasteiger partial charge in [0, 0.05) is 29.7 Å². The standard InChI is InChI=1S/C22H16ClN7O2S/c23-20-7-6-19(33-20)22(32)24-12-14-13-30(28-26-14)18-5-4-15(29-10-2-1-3-21(29)31)11-16(18)17-8-9-25-27-17/h1-11,13H,12H2,(H,24,32)(H,25,27). The molecule has 0 saturated heterocycles. The molecule has 4 aromatic heterocycles. The van der Waals surface area contributed by atoms with Gasteiger partial charge in [0.2, 0.25) is 0 Å². The fraction of sp³-hybridized carbons (Fsp3) is 0.0455. The normalized spacial score (nSPS) is 10.9. The van der Waals surface area contributed by atoms with Gasteiger partial charge in [0.15, 0.2) is 0 Å². The van der Waals surface area contributed by atoms with Gasteiger partial charge in [0.1, 0.15) is 5.69 Å². The van der Waals surface area contributed by atoms with Gasteiger partial charge in [-0.05, 0) is 42.5 Å². The van der Waals surface area contributed by atoms with Crippen molar-refractivity contribution < 1.29 is 4.79 Å². The van der Waals surface area contributed by atoms with Crippen LogP contribution < -0.4 is 10.9 Å². The quantitative estimate of drug-likeness (QED) is 0.389. The molecule has 0 atom stereocenters. The van der Waals surface area contributed by atoms with Gasteiger partial charge in [0.25, 0.3) is 11.5 Å². The summed E-state index contributed by atoms with van der Waals surface area (Å²) in [6.07, 6.45) is 5.17. The molecule has 0 aliphatic rings. The number of rotatable bonds is 6. The van der Waals surface area contributed by atoms with E-state index >= 15 is 0 Å². The van der Waals surface area contributed by atoms with Crippen LogP contribution >= 0.6 is 22.9 Å². The molecule has 5 aromatic rings. The molecule has 0 saturated carbocycles. The Morgan fingerprint density at radius 3 is 2.82 bits per heavy atom. The number of nitrogens with zero attached hydrogens (tertiary/aromatic N) is 5. The lowest BCUT2D eigenvalue weighted by atomic mass is 10.1. The lowest BCUT2D eigenvalue weighted by molar-refractivity contribution is 0.0954. The maximum Gasteiger partial charge on any atom is 0.261 e. The number of benzene rings is 1. The lowest BCUT2D eigenvalue weighted by Crippen LogP contribution is -2.21. The highest BCUT2D eigenvalue weighted by molar-refractivity contribution is 7.17. The molecular weight excluding hydrogens is 462 g/mol. The van der Waals surface area contributed by atoms with Gasteiger partial charge < -0.3 is 5.32 Å². The first kappa shape index (κ1) is 20.9. The highest BCUT2D eigenvalue weighted by Crippen LogP contribution is 2.27. The molecule has 0 unspecified atom stereocenters. The second kappa shape index (κ2) is 8.85. The topological polar surface area (TPSA) is 110 Å². The van der Waals surface area contributed by atoms with E-state index in [9.17, 15) is 9.59 Å². The Balaban J connectivity index is 1.44. The van der Waals surface area contributed by atoms with Gasteiger partial charge in [-0.15, -0.1) is 16.4 Å². The van der Waals surface area contributed by atoms with Crippen LogP contribution in [0.4, 0.5) is 0 Å². The molecular formula is C22H16ClN7O2S. The van der Waals surface area contributed by atoms with E-state index in [1.807, 2.05) is 24.3 Å². The molecule has 0 aliphatic heterocycles. The third-order valence-electron chi connectivity index (χ3n) is 4.87. The summed E-state index contributed by atoms with van der Waals surface area (Å²) in [5.74, 6) is -0.226. The molecule has 0 fully saturated rings. The smallest absolute Gasteiger partial charge is 0.261 e. The van der Waals surface area contributed by atoms with E-state index in [2.05, 4.69) is 25.8 Å². The number of carbonyl (C=O) groups excluding carboxylic acids is 1. The maximum atomic E-state index is 12.3. The Labute approximate surface area is 196 Å². The minimum atomic E-state index is -0.226. The number of hydrogen-bond acceptors (Lipinski definition) is 6. The molecule has 0 aliphatic carbocycles. The Morgan fingerprint density at radius 1 is 1.15 bits per heavy atom.